The number of allylic oxidation sites excluding steroid dienone is 15. The van der Waals surface area contributed by atoms with E-state index in [1.807, 2.05) is 6.08 Å². The van der Waals surface area contributed by atoms with Crippen LogP contribution in [0.4, 0.5) is 0 Å². The van der Waals surface area contributed by atoms with E-state index in [1.54, 1.807) is 6.08 Å². The highest BCUT2D eigenvalue weighted by molar-refractivity contribution is 7.47. The molecule has 0 aliphatic heterocycles. The van der Waals surface area contributed by atoms with Gasteiger partial charge in [0, 0.05) is 13.0 Å². The van der Waals surface area contributed by atoms with Crippen molar-refractivity contribution < 1.29 is 28.4 Å². The largest absolute Gasteiger partial charge is 0.472 e. The molecule has 9 heteroatoms. The molecule has 0 aromatic heterocycles. The molecule has 3 atom stereocenters. The van der Waals surface area contributed by atoms with Crippen LogP contribution in [0, 0.1) is 0 Å². The number of amides is 1. The number of hydrogen-bond acceptors (Lipinski definition) is 6. The second kappa shape index (κ2) is 41.1. The highest BCUT2D eigenvalue weighted by Crippen LogP contribution is 2.43. The Bertz CT molecular complexity index is 1170. The smallest absolute Gasteiger partial charge is 0.387 e. The molecule has 1 amide bonds. The number of nitrogens with two attached hydrogens (primary N) is 1. The topological polar surface area (TPSA) is 131 Å². The van der Waals surface area contributed by atoms with Crippen molar-refractivity contribution in [2.75, 3.05) is 19.8 Å². The van der Waals surface area contributed by atoms with Crippen LogP contribution in [-0.2, 0) is 18.4 Å². The molecular formula is C46H79N2O6P. The number of aliphatic hydroxyl groups is 1. The van der Waals surface area contributed by atoms with Crippen molar-refractivity contribution in [2.24, 2.45) is 5.73 Å². The van der Waals surface area contributed by atoms with Crippen molar-refractivity contribution in [3.05, 3.63) is 97.2 Å². The molecule has 0 spiro atoms. The lowest BCUT2D eigenvalue weighted by molar-refractivity contribution is -0.123. The third-order valence-corrected chi connectivity index (χ3v) is 9.61. The predicted octanol–water partition coefficient (Wildman–Crippen LogP) is 12.0. The Labute approximate surface area is 336 Å². The third-order valence-electron chi connectivity index (χ3n) is 8.62. The van der Waals surface area contributed by atoms with E-state index in [-0.39, 0.29) is 25.7 Å². The Kier molecular flexibility index (Phi) is 39.1. The summed E-state index contributed by atoms with van der Waals surface area (Å²) >= 11 is 0. The molecule has 314 valence electrons. The van der Waals surface area contributed by atoms with Gasteiger partial charge in [0.15, 0.2) is 0 Å². The van der Waals surface area contributed by atoms with Gasteiger partial charge in [0.1, 0.15) is 0 Å². The molecule has 0 fully saturated rings. The number of carbonyl (C=O) groups excluding carboxylic acids is 1. The summed E-state index contributed by atoms with van der Waals surface area (Å²) < 4.78 is 22.1. The molecule has 0 heterocycles. The van der Waals surface area contributed by atoms with Crippen LogP contribution in [0.3, 0.4) is 0 Å². The fraction of sp³-hybridized carbons (Fsp3) is 0.630. The molecule has 0 aromatic rings. The van der Waals surface area contributed by atoms with E-state index in [4.69, 9.17) is 14.8 Å². The maximum absolute atomic E-state index is 12.7. The van der Waals surface area contributed by atoms with Gasteiger partial charge in [-0.2, -0.15) is 0 Å². The molecule has 3 unspecified atom stereocenters. The molecule has 0 aliphatic rings. The van der Waals surface area contributed by atoms with Gasteiger partial charge >= 0.3 is 7.82 Å². The van der Waals surface area contributed by atoms with Crippen LogP contribution in [0.15, 0.2) is 97.2 Å². The van der Waals surface area contributed by atoms with Gasteiger partial charge < -0.3 is 21.1 Å². The summed E-state index contributed by atoms with van der Waals surface area (Å²) in [7, 11) is -4.36. The minimum Gasteiger partial charge on any atom is -0.387 e. The zero-order valence-electron chi connectivity index (χ0n) is 34.6. The molecular weight excluding hydrogens is 707 g/mol. The molecule has 0 radical (unpaired) electrons. The number of hydrogen-bond donors (Lipinski definition) is 4. The molecule has 0 saturated carbocycles. The Morgan fingerprint density at radius 3 is 1.62 bits per heavy atom. The van der Waals surface area contributed by atoms with Crippen molar-refractivity contribution in [3.63, 3.8) is 0 Å². The van der Waals surface area contributed by atoms with Gasteiger partial charge in [0.2, 0.25) is 5.91 Å². The second-order valence-corrected chi connectivity index (χ2v) is 15.2. The van der Waals surface area contributed by atoms with E-state index >= 15 is 0 Å². The first kappa shape index (κ1) is 52.4. The number of unbranched alkanes of at least 4 members (excludes halogenated alkanes) is 12. The number of phosphoric ester groups is 1. The number of aliphatic hydroxyl groups excluding tert-OH is 1. The molecule has 8 nitrogen and oxygen atoms in total. The highest BCUT2D eigenvalue weighted by atomic mass is 31.2. The van der Waals surface area contributed by atoms with Crippen molar-refractivity contribution in [1.82, 2.24) is 5.32 Å². The minimum absolute atomic E-state index is 0.0642. The molecule has 0 saturated heterocycles. The Hall–Kier alpha value is -2.58. The number of carbonyl (C=O) groups is 1. The van der Waals surface area contributed by atoms with Crippen molar-refractivity contribution >= 4 is 13.7 Å². The first-order chi connectivity index (χ1) is 26.9. The normalized spacial score (nSPS) is 15.1. The van der Waals surface area contributed by atoms with E-state index in [9.17, 15) is 19.4 Å². The van der Waals surface area contributed by atoms with Gasteiger partial charge in [-0.1, -0.05) is 156 Å². The lowest BCUT2D eigenvalue weighted by Gasteiger charge is -2.23. The van der Waals surface area contributed by atoms with E-state index in [0.29, 0.717) is 6.42 Å². The Morgan fingerprint density at radius 2 is 1.07 bits per heavy atom. The minimum atomic E-state index is -4.36. The average Bonchev–Trinajstić information content (AvgIpc) is 3.17. The summed E-state index contributed by atoms with van der Waals surface area (Å²) in [6.45, 7) is 3.92. The van der Waals surface area contributed by atoms with Crippen LogP contribution < -0.4 is 11.1 Å². The van der Waals surface area contributed by atoms with E-state index in [1.165, 1.54) is 38.5 Å². The summed E-state index contributed by atoms with van der Waals surface area (Å²) in [4.78, 5) is 22.7. The van der Waals surface area contributed by atoms with Gasteiger partial charge in [0.05, 0.1) is 25.4 Å². The van der Waals surface area contributed by atoms with Crippen LogP contribution in [0.2, 0.25) is 0 Å². The zero-order chi connectivity index (χ0) is 40.3. The summed E-state index contributed by atoms with van der Waals surface area (Å²) in [5.41, 5.74) is 5.36. The van der Waals surface area contributed by atoms with Gasteiger partial charge in [-0.05, 0) is 89.9 Å². The Morgan fingerprint density at radius 1 is 0.618 bits per heavy atom. The fourth-order valence-electron chi connectivity index (χ4n) is 5.42. The second-order valence-electron chi connectivity index (χ2n) is 13.8. The summed E-state index contributed by atoms with van der Waals surface area (Å²) in [5.74, 6) is -0.226. The quantitative estimate of drug-likeness (QED) is 0.0278. The van der Waals surface area contributed by atoms with Crippen molar-refractivity contribution in [1.29, 1.82) is 0 Å². The van der Waals surface area contributed by atoms with Crippen LogP contribution in [0.1, 0.15) is 155 Å². The van der Waals surface area contributed by atoms with E-state index < -0.39 is 20.0 Å². The predicted molar refractivity (Wildman–Crippen MR) is 235 cm³/mol. The summed E-state index contributed by atoms with van der Waals surface area (Å²) in [5, 5.41) is 13.6. The average molecular weight is 787 g/mol. The molecule has 0 rings (SSSR count). The number of nitrogens with one attached hydrogen (secondary N) is 1. The van der Waals surface area contributed by atoms with E-state index in [2.05, 4.69) is 104 Å². The van der Waals surface area contributed by atoms with Gasteiger partial charge in [0.25, 0.3) is 0 Å². The monoisotopic (exact) mass is 787 g/mol. The summed E-state index contributed by atoms with van der Waals surface area (Å²) in [6.07, 6.45) is 56.0. The maximum Gasteiger partial charge on any atom is 0.472 e. The molecule has 0 aromatic carbocycles. The third kappa shape index (κ3) is 39.5. The molecule has 55 heavy (non-hydrogen) atoms. The fourth-order valence-corrected chi connectivity index (χ4v) is 6.18. The SMILES string of the molecule is CC/C=C\C/C=C\C/C=C\C/C=C\C/C=C\CCCCCCCCCC(=O)NC(COP(=O)(O)OCCN)C(O)/C=C/CC/C=C/CC/C=C/CCCCC. The number of rotatable bonds is 38. The van der Waals surface area contributed by atoms with Gasteiger partial charge in [-0.3, -0.25) is 13.8 Å². The first-order valence-corrected chi connectivity index (χ1v) is 22.9. The Balaban J connectivity index is 4.28. The van der Waals surface area contributed by atoms with Crippen LogP contribution in [0.25, 0.3) is 0 Å². The van der Waals surface area contributed by atoms with Gasteiger partial charge in [-0.25, -0.2) is 4.57 Å². The van der Waals surface area contributed by atoms with Gasteiger partial charge in [-0.15, -0.1) is 0 Å². The van der Waals surface area contributed by atoms with Crippen LogP contribution in [0.5, 0.6) is 0 Å². The van der Waals surface area contributed by atoms with E-state index in [0.717, 1.165) is 96.3 Å². The zero-order valence-corrected chi connectivity index (χ0v) is 35.5. The van der Waals surface area contributed by atoms with Crippen molar-refractivity contribution in [2.45, 2.75) is 167 Å². The molecule has 5 N–H and O–H groups in total. The molecule has 0 bridgehead atoms. The standard InChI is InChI=1S/C46H79N2O6P/c1-3-5-7-9-11-13-15-17-18-19-20-21-22-23-24-25-26-28-30-32-34-36-38-40-46(50)48-44(43-54-55(51,52)53-42-41-47)45(49)39-37-35-33-31-29-27-16-14-12-10-8-6-4-2/h5,7,11-14,17-18,20-21,23-24,29,31,37,39,44-45,49H,3-4,6,8-10,15-16,19,22,25-28,30,32-36,38,40-43,47H2,1-2H3,(H,48,50)(H,51,52)/b7-5-,13-11-,14-12+,18-17-,21-20-,24-23-,31-29+,39-37+. The molecule has 0 aliphatic carbocycles. The first-order valence-electron chi connectivity index (χ1n) is 21.4. The number of phosphoric acid groups is 1. The summed E-state index contributed by atoms with van der Waals surface area (Å²) in [6, 6.07) is -0.895. The van der Waals surface area contributed by atoms with Crippen LogP contribution in [-0.4, -0.2) is 47.8 Å². The maximum atomic E-state index is 12.7. The van der Waals surface area contributed by atoms with Crippen LogP contribution >= 0.6 is 7.82 Å². The highest BCUT2D eigenvalue weighted by Gasteiger charge is 2.26. The lowest BCUT2D eigenvalue weighted by atomic mass is 10.1. The van der Waals surface area contributed by atoms with Crippen molar-refractivity contribution in [3.8, 4) is 0 Å². The lowest BCUT2D eigenvalue weighted by Crippen LogP contribution is -2.45.